The predicted octanol–water partition coefficient (Wildman–Crippen LogP) is 2.69. The fourth-order valence-electron chi connectivity index (χ4n) is 0.579. The Morgan fingerprint density at radius 2 is 2.17 bits per heavy atom. The zero-order valence-corrected chi connectivity index (χ0v) is 9.18. The van der Waals surface area contributed by atoms with Gasteiger partial charge in [0.15, 0.2) is 5.69 Å². The molecule has 0 spiro atoms. The first-order valence-electron chi connectivity index (χ1n) is 2.77. The Hall–Kier alpha value is -0.0700. The van der Waals surface area contributed by atoms with Gasteiger partial charge in [-0.15, -0.1) is 0 Å². The van der Waals surface area contributed by atoms with E-state index in [1.54, 1.807) is 0 Å². The normalized spacial score (nSPS) is 9.92. The van der Waals surface area contributed by atoms with Crippen LogP contribution in [0.3, 0.4) is 0 Å². The SMILES string of the molecule is O=C(O)c1cc(Cl)c(I)c(Cl)n1. The average Bonchev–Trinajstić information content (AvgIpc) is 1.99. The second kappa shape index (κ2) is 3.76. The van der Waals surface area contributed by atoms with E-state index in [-0.39, 0.29) is 10.8 Å². The molecule has 0 bridgehead atoms. The van der Waals surface area contributed by atoms with Crippen molar-refractivity contribution in [2.24, 2.45) is 0 Å². The van der Waals surface area contributed by atoms with E-state index in [1.165, 1.54) is 6.07 Å². The van der Waals surface area contributed by atoms with Crippen molar-refractivity contribution in [3.8, 4) is 0 Å². The van der Waals surface area contributed by atoms with Gasteiger partial charge in [0.05, 0.1) is 8.59 Å². The van der Waals surface area contributed by atoms with Gasteiger partial charge in [-0.3, -0.25) is 0 Å². The van der Waals surface area contributed by atoms with Crippen LogP contribution in [-0.4, -0.2) is 16.1 Å². The number of carboxylic acid groups (broad SMARTS) is 1. The number of rotatable bonds is 1. The minimum Gasteiger partial charge on any atom is -0.477 e. The molecule has 0 radical (unpaired) electrons. The van der Waals surface area contributed by atoms with E-state index in [0.717, 1.165) is 0 Å². The summed E-state index contributed by atoms with van der Waals surface area (Å²) in [6.45, 7) is 0. The van der Waals surface area contributed by atoms with Gasteiger partial charge in [-0.2, -0.15) is 0 Å². The van der Waals surface area contributed by atoms with Gasteiger partial charge < -0.3 is 5.11 Å². The lowest BCUT2D eigenvalue weighted by molar-refractivity contribution is 0.0690. The van der Waals surface area contributed by atoms with Gasteiger partial charge in [0.25, 0.3) is 0 Å². The third kappa shape index (κ3) is 1.99. The third-order valence-electron chi connectivity index (χ3n) is 1.09. The first-order chi connectivity index (χ1) is 5.52. The van der Waals surface area contributed by atoms with E-state index < -0.39 is 5.97 Å². The van der Waals surface area contributed by atoms with Crippen LogP contribution >= 0.6 is 45.8 Å². The number of hydrogen-bond donors (Lipinski definition) is 1. The molecular weight excluding hydrogens is 316 g/mol. The van der Waals surface area contributed by atoms with Crippen molar-refractivity contribution in [2.45, 2.75) is 0 Å². The quantitative estimate of drug-likeness (QED) is 0.640. The molecule has 1 N–H and O–H groups in total. The fraction of sp³-hybridized carbons (Fsp3) is 0. The van der Waals surface area contributed by atoms with Gasteiger partial charge in [-0.05, 0) is 28.7 Å². The fourth-order valence-corrected chi connectivity index (χ4v) is 1.29. The second-order valence-electron chi connectivity index (χ2n) is 1.90. The van der Waals surface area contributed by atoms with E-state index in [0.29, 0.717) is 8.59 Å². The predicted molar refractivity (Wildman–Crippen MR) is 53.9 cm³/mol. The van der Waals surface area contributed by atoms with Crippen LogP contribution in [-0.2, 0) is 0 Å². The summed E-state index contributed by atoms with van der Waals surface area (Å²) in [5.41, 5.74) is -0.148. The van der Waals surface area contributed by atoms with Crippen LogP contribution in [0, 0.1) is 3.57 Å². The summed E-state index contributed by atoms with van der Waals surface area (Å²) in [5, 5.41) is 8.95. The van der Waals surface area contributed by atoms with Gasteiger partial charge in [0, 0.05) is 0 Å². The lowest BCUT2D eigenvalue weighted by Crippen LogP contribution is -2.01. The molecule has 0 aliphatic carbocycles. The van der Waals surface area contributed by atoms with Gasteiger partial charge in [0.1, 0.15) is 5.15 Å². The zero-order chi connectivity index (χ0) is 9.30. The van der Waals surface area contributed by atoms with Crippen LogP contribution in [0.1, 0.15) is 10.5 Å². The maximum atomic E-state index is 10.4. The topological polar surface area (TPSA) is 50.2 Å². The number of hydrogen-bond acceptors (Lipinski definition) is 2. The molecule has 6 heteroatoms. The summed E-state index contributed by atoms with van der Waals surface area (Å²) in [5.74, 6) is -1.14. The molecule has 0 saturated heterocycles. The Kier molecular flexibility index (Phi) is 3.14. The number of carboxylic acids is 1. The number of carbonyl (C=O) groups is 1. The number of nitrogens with zero attached hydrogens (tertiary/aromatic N) is 1. The maximum Gasteiger partial charge on any atom is 0.354 e. The minimum atomic E-state index is -1.14. The summed E-state index contributed by atoms with van der Waals surface area (Å²) in [6.07, 6.45) is 0. The molecule has 12 heavy (non-hydrogen) atoms. The zero-order valence-electron chi connectivity index (χ0n) is 5.51. The smallest absolute Gasteiger partial charge is 0.354 e. The summed E-state index contributed by atoms with van der Waals surface area (Å²) in [7, 11) is 0. The molecule has 64 valence electrons. The Morgan fingerprint density at radius 3 is 2.58 bits per heavy atom. The van der Waals surface area contributed by atoms with Crippen LogP contribution in [0.25, 0.3) is 0 Å². The highest BCUT2D eigenvalue weighted by molar-refractivity contribution is 14.1. The van der Waals surface area contributed by atoms with Crippen molar-refractivity contribution in [1.82, 2.24) is 4.98 Å². The van der Waals surface area contributed by atoms with Crippen LogP contribution in [0.4, 0.5) is 0 Å². The average molecular weight is 318 g/mol. The van der Waals surface area contributed by atoms with Gasteiger partial charge in [0.2, 0.25) is 0 Å². The Bertz CT molecular complexity index is 319. The molecule has 1 aromatic rings. The number of pyridine rings is 1. The number of aromatic carboxylic acids is 1. The Balaban J connectivity index is 3.31. The monoisotopic (exact) mass is 317 g/mol. The Labute approximate surface area is 91.8 Å². The van der Waals surface area contributed by atoms with E-state index >= 15 is 0 Å². The van der Waals surface area contributed by atoms with Crippen molar-refractivity contribution >= 4 is 51.8 Å². The van der Waals surface area contributed by atoms with E-state index in [4.69, 9.17) is 28.3 Å². The molecule has 0 aliphatic heterocycles. The molecule has 0 aromatic carbocycles. The number of halogens is 3. The standard InChI is InChI=1S/C6H2Cl2INO2/c7-2-1-3(6(11)12)10-5(8)4(2)9/h1H,(H,11,12). The summed E-state index contributed by atoms with van der Waals surface area (Å²) in [6, 6.07) is 1.26. The molecule has 1 rings (SSSR count). The summed E-state index contributed by atoms with van der Waals surface area (Å²) in [4.78, 5) is 14.0. The van der Waals surface area contributed by atoms with Crippen LogP contribution in [0.2, 0.25) is 10.2 Å². The lowest BCUT2D eigenvalue weighted by atomic mass is 10.3. The van der Waals surface area contributed by atoms with Gasteiger partial charge >= 0.3 is 5.97 Å². The van der Waals surface area contributed by atoms with Crippen molar-refractivity contribution in [2.75, 3.05) is 0 Å². The largest absolute Gasteiger partial charge is 0.477 e. The molecule has 0 atom stereocenters. The van der Waals surface area contributed by atoms with Gasteiger partial charge in [-0.25, -0.2) is 9.78 Å². The molecule has 3 nitrogen and oxygen atoms in total. The molecule has 0 amide bonds. The van der Waals surface area contributed by atoms with Crippen molar-refractivity contribution in [3.05, 3.63) is 25.5 Å². The second-order valence-corrected chi connectivity index (χ2v) is 3.74. The molecule has 0 saturated carbocycles. The van der Waals surface area contributed by atoms with Gasteiger partial charge in [-0.1, -0.05) is 23.2 Å². The van der Waals surface area contributed by atoms with Crippen LogP contribution < -0.4 is 0 Å². The highest BCUT2D eigenvalue weighted by Gasteiger charge is 2.11. The molecule has 0 aliphatic rings. The molecule has 0 unspecified atom stereocenters. The highest BCUT2D eigenvalue weighted by atomic mass is 127. The first kappa shape index (κ1) is 10.0. The van der Waals surface area contributed by atoms with Crippen molar-refractivity contribution in [1.29, 1.82) is 0 Å². The third-order valence-corrected chi connectivity index (χ3v) is 3.39. The molecular formula is C6H2Cl2INO2. The number of aromatic nitrogens is 1. The van der Waals surface area contributed by atoms with E-state index in [2.05, 4.69) is 4.98 Å². The molecule has 1 aromatic heterocycles. The minimum absolute atomic E-state index is 0.112. The highest BCUT2D eigenvalue weighted by Crippen LogP contribution is 2.25. The van der Waals surface area contributed by atoms with Crippen LogP contribution in [0.15, 0.2) is 6.07 Å². The lowest BCUT2D eigenvalue weighted by Gasteiger charge is -1.99. The molecule has 0 fully saturated rings. The maximum absolute atomic E-state index is 10.4. The Morgan fingerprint density at radius 1 is 1.58 bits per heavy atom. The first-order valence-corrected chi connectivity index (χ1v) is 4.60. The molecule has 1 heterocycles. The summed E-state index contributed by atoms with van der Waals surface area (Å²) >= 11 is 13.2. The van der Waals surface area contributed by atoms with Crippen molar-refractivity contribution in [3.63, 3.8) is 0 Å². The van der Waals surface area contributed by atoms with E-state index in [9.17, 15) is 4.79 Å². The van der Waals surface area contributed by atoms with Crippen molar-refractivity contribution < 1.29 is 9.90 Å². The van der Waals surface area contributed by atoms with E-state index in [1.807, 2.05) is 22.6 Å². The van der Waals surface area contributed by atoms with Crippen LogP contribution in [0.5, 0.6) is 0 Å². The summed E-state index contributed by atoms with van der Waals surface area (Å²) < 4.78 is 0.556.